The topological polar surface area (TPSA) is 16.1 Å². The standard InChI is InChI=1S/C17H21BrN2/c1-12-5-6-15(9-13(12)2)7-8-20(4)17-10-14(3)16(18)11-19-17/h5-6,9-11H,7-8H2,1-4H3. The fourth-order valence-corrected chi connectivity index (χ4v) is 2.32. The summed E-state index contributed by atoms with van der Waals surface area (Å²) >= 11 is 3.49. The van der Waals surface area contributed by atoms with E-state index < -0.39 is 0 Å². The summed E-state index contributed by atoms with van der Waals surface area (Å²) < 4.78 is 1.06. The minimum Gasteiger partial charge on any atom is -0.359 e. The lowest BCUT2D eigenvalue weighted by Gasteiger charge is -2.19. The lowest BCUT2D eigenvalue weighted by Crippen LogP contribution is -2.21. The molecule has 2 rings (SSSR count). The van der Waals surface area contributed by atoms with E-state index in [0.717, 1.165) is 23.3 Å². The molecule has 20 heavy (non-hydrogen) atoms. The Kier molecular flexibility index (Phi) is 4.81. The molecule has 0 bridgehead atoms. The summed E-state index contributed by atoms with van der Waals surface area (Å²) in [4.78, 5) is 6.67. The number of pyridine rings is 1. The normalized spacial score (nSPS) is 10.7. The summed E-state index contributed by atoms with van der Waals surface area (Å²) in [5, 5.41) is 0. The van der Waals surface area contributed by atoms with Crippen LogP contribution in [0.15, 0.2) is 34.9 Å². The van der Waals surface area contributed by atoms with Crippen molar-refractivity contribution >= 4 is 21.7 Å². The third kappa shape index (κ3) is 3.60. The first-order valence-corrected chi connectivity index (χ1v) is 7.66. The van der Waals surface area contributed by atoms with Gasteiger partial charge < -0.3 is 4.90 Å². The molecule has 1 aromatic carbocycles. The van der Waals surface area contributed by atoms with Crippen LogP contribution >= 0.6 is 15.9 Å². The molecule has 0 aliphatic carbocycles. The smallest absolute Gasteiger partial charge is 0.128 e. The summed E-state index contributed by atoms with van der Waals surface area (Å²) in [6.07, 6.45) is 2.91. The number of aryl methyl sites for hydroxylation is 3. The van der Waals surface area contributed by atoms with Crippen LogP contribution in [0.3, 0.4) is 0 Å². The van der Waals surface area contributed by atoms with Gasteiger partial charge in [-0.05, 0) is 71.4 Å². The van der Waals surface area contributed by atoms with E-state index >= 15 is 0 Å². The highest BCUT2D eigenvalue weighted by atomic mass is 79.9. The number of hydrogen-bond donors (Lipinski definition) is 0. The highest BCUT2D eigenvalue weighted by Gasteiger charge is 2.05. The molecule has 0 amide bonds. The molecule has 0 atom stereocenters. The van der Waals surface area contributed by atoms with E-state index in [1.54, 1.807) is 0 Å². The number of halogens is 1. The summed E-state index contributed by atoms with van der Waals surface area (Å²) in [6, 6.07) is 8.82. The first-order valence-electron chi connectivity index (χ1n) is 6.87. The molecule has 0 N–H and O–H groups in total. The highest BCUT2D eigenvalue weighted by molar-refractivity contribution is 9.10. The second-order valence-corrected chi connectivity index (χ2v) is 6.24. The molecule has 0 fully saturated rings. The van der Waals surface area contributed by atoms with Crippen molar-refractivity contribution in [3.63, 3.8) is 0 Å². The number of rotatable bonds is 4. The van der Waals surface area contributed by atoms with Gasteiger partial charge in [0.25, 0.3) is 0 Å². The number of hydrogen-bond acceptors (Lipinski definition) is 2. The van der Waals surface area contributed by atoms with E-state index in [4.69, 9.17) is 0 Å². The highest BCUT2D eigenvalue weighted by Crippen LogP contribution is 2.19. The first kappa shape index (κ1) is 15.0. The van der Waals surface area contributed by atoms with Crippen LogP contribution in [0, 0.1) is 20.8 Å². The van der Waals surface area contributed by atoms with Crippen LogP contribution in [0.5, 0.6) is 0 Å². The summed E-state index contributed by atoms with van der Waals surface area (Å²) in [5.41, 5.74) is 5.32. The Bertz CT molecular complexity index is 608. The van der Waals surface area contributed by atoms with Gasteiger partial charge in [0.15, 0.2) is 0 Å². The Morgan fingerprint density at radius 2 is 1.80 bits per heavy atom. The maximum absolute atomic E-state index is 4.46. The van der Waals surface area contributed by atoms with Gasteiger partial charge in [0, 0.05) is 24.3 Å². The predicted octanol–water partition coefficient (Wildman–Crippen LogP) is 4.45. The van der Waals surface area contributed by atoms with Gasteiger partial charge >= 0.3 is 0 Å². The SMILES string of the molecule is Cc1ccc(CCN(C)c2cc(C)c(Br)cn2)cc1C. The van der Waals surface area contributed by atoms with Gasteiger partial charge in [-0.25, -0.2) is 4.98 Å². The lowest BCUT2D eigenvalue weighted by molar-refractivity contribution is 0.857. The molecule has 2 aromatic rings. The molecule has 2 nitrogen and oxygen atoms in total. The molecule has 1 heterocycles. The maximum Gasteiger partial charge on any atom is 0.128 e. The average Bonchev–Trinajstić information content (AvgIpc) is 2.43. The van der Waals surface area contributed by atoms with Crippen LogP contribution in [0.25, 0.3) is 0 Å². The maximum atomic E-state index is 4.46. The van der Waals surface area contributed by atoms with Gasteiger partial charge in [0.1, 0.15) is 5.82 Å². The molecule has 0 spiro atoms. The van der Waals surface area contributed by atoms with Crippen molar-refractivity contribution in [2.24, 2.45) is 0 Å². The minimum atomic E-state index is 0.969. The molecule has 0 radical (unpaired) electrons. The van der Waals surface area contributed by atoms with Crippen LogP contribution in [-0.2, 0) is 6.42 Å². The van der Waals surface area contributed by atoms with Crippen molar-refractivity contribution in [2.45, 2.75) is 27.2 Å². The zero-order valence-corrected chi connectivity index (χ0v) is 14.2. The number of likely N-dealkylation sites (N-methyl/N-ethyl adjacent to an activating group) is 1. The number of anilines is 1. The van der Waals surface area contributed by atoms with E-state index in [1.165, 1.54) is 22.3 Å². The Labute approximate surface area is 130 Å². The van der Waals surface area contributed by atoms with Crippen LogP contribution in [0.4, 0.5) is 5.82 Å². The van der Waals surface area contributed by atoms with Crippen LogP contribution in [-0.4, -0.2) is 18.6 Å². The largest absolute Gasteiger partial charge is 0.359 e. The van der Waals surface area contributed by atoms with Crippen LogP contribution in [0.1, 0.15) is 22.3 Å². The fourth-order valence-electron chi connectivity index (χ4n) is 2.10. The second kappa shape index (κ2) is 6.40. The van der Waals surface area contributed by atoms with E-state index in [2.05, 4.69) is 77.9 Å². The molecular formula is C17H21BrN2. The van der Waals surface area contributed by atoms with E-state index in [0.29, 0.717) is 0 Å². The van der Waals surface area contributed by atoms with Gasteiger partial charge in [-0.15, -0.1) is 0 Å². The predicted molar refractivity (Wildman–Crippen MR) is 89.6 cm³/mol. The quantitative estimate of drug-likeness (QED) is 0.822. The third-order valence-corrected chi connectivity index (χ3v) is 4.56. The van der Waals surface area contributed by atoms with Gasteiger partial charge in [-0.2, -0.15) is 0 Å². The monoisotopic (exact) mass is 332 g/mol. The molecule has 0 saturated carbocycles. The molecule has 0 unspecified atom stereocenters. The minimum absolute atomic E-state index is 0.969. The molecule has 3 heteroatoms. The molecule has 0 aliphatic heterocycles. The molecule has 0 aliphatic rings. The Morgan fingerprint density at radius 3 is 2.45 bits per heavy atom. The number of aromatic nitrogens is 1. The second-order valence-electron chi connectivity index (χ2n) is 5.38. The Hall–Kier alpha value is -1.35. The van der Waals surface area contributed by atoms with Crippen LogP contribution in [0.2, 0.25) is 0 Å². The zero-order valence-electron chi connectivity index (χ0n) is 12.6. The number of nitrogens with zero attached hydrogens (tertiary/aromatic N) is 2. The first-order chi connectivity index (χ1) is 9.47. The number of benzene rings is 1. The van der Waals surface area contributed by atoms with Gasteiger partial charge in [-0.3, -0.25) is 0 Å². The van der Waals surface area contributed by atoms with Crippen molar-refractivity contribution in [1.82, 2.24) is 4.98 Å². The zero-order chi connectivity index (χ0) is 14.7. The summed E-state index contributed by atoms with van der Waals surface area (Å²) in [7, 11) is 2.09. The molecule has 106 valence electrons. The Balaban J connectivity index is 2.02. The van der Waals surface area contributed by atoms with Gasteiger partial charge in [-0.1, -0.05) is 18.2 Å². The molecule has 1 aromatic heterocycles. The summed E-state index contributed by atoms with van der Waals surface area (Å²) in [6.45, 7) is 7.38. The van der Waals surface area contributed by atoms with Crippen molar-refractivity contribution < 1.29 is 0 Å². The van der Waals surface area contributed by atoms with Crippen molar-refractivity contribution in [1.29, 1.82) is 0 Å². The van der Waals surface area contributed by atoms with Crippen molar-refractivity contribution in [2.75, 3.05) is 18.5 Å². The third-order valence-electron chi connectivity index (χ3n) is 3.73. The molecular weight excluding hydrogens is 312 g/mol. The Morgan fingerprint density at radius 1 is 1.05 bits per heavy atom. The van der Waals surface area contributed by atoms with Crippen molar-refractivity contribution in [3.05, 3.63) is 57.2 Å². The van der Waals surface area contributed by atoms with E-state index in [9.17, 15) is 0 Å². The van der Waals surface area contributed by atoms with Crippen molar-refractivity contribution in [3.8, 4) is 0 Å². The molecule has 0 saturated heterocycles. The summed E-state index contributed by atoms with van der Waals surface area (Å²) in [5.74, 6) is 1.02. The van der Waals surface area contributed by atoms with E-state index in [-0.39, 0.29) is 0 Å². The van der Waals surface area contributed by atoms with Gasteiger partial charge in [0.05, 0.1) is 0 Å². The van der Waals surface area contributed by atoms with Crippen LogP contribution < -0.4 is 4.90 Å². The fraction of sp³-hybridized carbons (Fsp3) is 0.353. The lowest BCUT2D eigenvalue weighted by atomic mass is 10.0. The van der Waals surface area contributed by atoms with E-state index in [1.807, 2.05) is 6.20 Å². The van der Waals surface area contributed by atoms with Gasteiger partial charge in [0.2, 0.25) is 0 Å². The average molecular weight is 333 g/mol.